The molecule has 21 heavy (non-hydrogen) atoms. The van der Waals surface area contributed by atoms with Gasteiger partial charge in [0.05, 0.1) is 0 Å². The van der Waals surface area contributed by atoms with E-state index >= 15 is 0 Å². The molecule has 0 amide bonds. The molecule has 0 saturated carbocycles. The molecule has 0 radical (unpaired) electrons. The van der Waals surface area contributed by atoms with E-state index in [-0.39, 0.29) is 12.2 Å². The summed E-state index contributed by atoms with van der Waals surface area (Å²) in [6.07, 6.45) is 0.833. The second-order valence-electron chi connectivity index (χ2n) is 5.21. The van der Waals surface area contributed by atoms with Crippen LogP contribution in [-0.2, 0) is 4.79 Å². The highest BCUT2D eigenvalue weighted by atomic mass is 16.3. The van der Waals surface area contributed by atoms with Crippen molar-refractivity contribution in [1.82, 2.24) is 0 Å². The Bertz CT molecular complexity index is 603. The van der Waals surface area contributed by atoms with E-state index in [0.717, 1.165) is 11.8 Å². The van der Waals surface area contributed by atoms with Gasteiger partial charge in [-0.3, -0.25) is 4.79 Å². The molecule has 0 aliphatic carbocycles. The Hall–Kier alpha value is -2.26. The Morgan fingerprint density at radius 2 is 1.62 bits per heavy atom. The summed E-state index contributed by atoms with van der Waals surface area (Å²) in [5.41, 5.74) is -0.419. The molecule has 0 aliphatic heterocycles. The maximum absolute atomic E-state index is 12.6. The standard InChI is InChI=1S/C18H18O3/c1-18(21,17(20)15-10-6-3-7-11-15)16(12-13-19)14-8-4-2-5-9-14/h2-11,13,16,21H,12H2,1H3. The highest BCUT2D eigenvalue weighted by Gasteiger charge is 2.40. The zero-order chi connectivity index (χ0) is 15.3. The summed E-state index contributed by atoms with van der Waals surface area (Å²) in [6, 6.07) is 17.8. The van der Waals surface area contributed by atoms with E-state index < -0.39 is 11.5 Å². The molecule has 2 aromatic rings. The summed E-state index contributed by atoms with van der Waals surface area (Å²) in [7, 11) is 0. The lowest BCUT2D eigenvalue weighted by Crippen LogP contribution is -2.41. The zero-order valence-electron chi connectivity index (χ0n) is 11.9. The van der Waals surface area contributed by atoms with Crippen LogP contribution in [0.15, 0.2) is 60.7 Å². The van der Waals surface area contributed by atoms with Crippen molar-refractivity contribution in [1.29, 1.82) is 0 Å². The average molecular weight is 282 g/mol. The predicted molar refractivity (Wildman–Crippen MR) is 81.3 cm³/mol. The SMILES string of the molecule is CC(O)(C(=O)c1ccccc1)C(CC=O)c1ccccc1. The van der Waals surface area contributed by atoms with Gasteiger partial charge in [0.25, 0.3) is 0 Å². The molecule has 0 aliphatic rings. The van der Waals surface area contributed by atoms with Crippen LogP contribution in [0.5, 0.6) is 0 Å². The third kappa shape index (κ3) is 3.26. The molecule has 0 spiro atoms. The summed E-state index contributed by atoms with van der Waals surface area (Å²) in [6.45, 7) is 1.48. The molecule has 2 aromatic carbocycles. The Morgan fingerprint density at radius 1 is 1.10 bits per heavy atom. The van der Waals surface area contributed by atoms with Crippen LogP contribution in [0.25, 0.3) is 0 Å². The second-order valence-corrected chi connectivity index (χ2v) is 5.21. The predicted octanol–water partition coefficient (Wildman–Crippen LogP) is 2.99. The van der Waals surface area contributed by atoms with E-state index in [4.69, 9.17) is 0 Å². The van der Waals surface area contributed by atoms with Gasteiger partial charge in [0.2, 0.25) is 0 Å². The largest absolute Gasteiger partial charge is 0.381 e. The van der Waals surface area contributed by atoms with Gasteiger partial charge < -0.3 is 9.90 Å². The second kappa shape index (κ2) is 6.46. The molecule has 108 valence electrons. The third-order valence-electron chi connectivity index (χ3n) is 3.71. The number of hydrogen-bond donors (Lipinski definition) is 1. The van der Waals surface area contributed by atoms with Crippen molar-refractivity contribution < 1.29 is 14.7 Å². The smallest absolute Gasteiger partial charge is 0.194 e. The van der Waals surface area contributed by atoms with Crippen molar-refractivity contribution in [3.63, 3.8) is 0 Å². The lowest BCUT2D eigenvalue weighted by atomic mass is 9.77. The average Bonchev–Trinajstić information content (AvgIpc) is 2.53. The minimum Gasteiger partial charge on any atom is -0.381 e. The number of Topliss-reactive ketones (excluding diaryl/α,β-unsaturated/α-hetero) is 1. The van der Waals surface area contributed by atoms with E-state index in [0.29, 0.717) is 5.56 Å². The molecule has 0 saturated heterocycles. The van der Waals surface area contributed by atoms with E-state index in [1.807, 2.05) is 36.4 Å². The van der Waals surface area contributed by atoms with E-state index in [2.05, 4.69) is 0 Å². The number of benzene rings is 2. The normalized spacial score (nSPS) is 15.0. The van der Waals surface area contributed by atoms with Crippen molar-refractivity contribution >= 4 is 12.1 Å². The van der Waals surface area contributed by atoms with Crippen molar-refractivity contribution in [2.75, 3.05) is 0 Å². The van der Waals surface area contributed by atoms with Crippen LogP contribution >= 0.6 is 0 Å². The van der Waals surface area contributed by atoms with Crippen LogP contribution in [-0.4, -0.2) is 22.8 Å². The topological polar surface area (TPSA) is 54.4 Å². The van der Waals surface area contributed by atoms with Gasteiger partial charge in [-0.2, -0.15) is 0 Å². The summed E-state index contributed by atoms with van der Waals surface area (Å²) in [5, 5.41) is 10.8. The van der Waals surface area contributed by atoms with Crippen LogP contribution in [0.2, 0.25) is 0 Å². The van der Waals surface area contributed by atoms with Gasteiger partial charge in [-0.15, -0.1) is 0 Å². The van der Waals surface area contributed by atoms with Crippen LogP contribution < -0.4 is 0 Å². The van der Waals surface area contributed by atoms with E-state index in [9.17, 15) is 14.7 Å². The molecule has 1 N–H and O–H groups in total. The highest BCUT2D eigenvalue weighted by molar-refractivity contribution is 6.02. The fourth-order valence-electron chi connectivity index (χ4n) is 2.51. The molecule has 2 unspecified atom stereocenters. The van der Waals surface area contributed by atoms with Crippen LogP contribution in [0, 0.1) is 0 Å². The molecule has 3 heteroatoms. The van der Waals surface area contributed by atoms with Gasteiger partial charge in [-0.1, -0.05) is 60.7 Å². The Labute approximate surface area is 124 Å². The first-order valence-electron chi connectivity index (χ1n) is 6.88. The lowest BCUT2D eigenvalue weighted by Gasteiger charge is -2.31. The van der Waals surface area contributed by atoms with Gasteiger partial charge in [-0.25, -0.2) is 0 Å². The minimum atomic E-state index is -1.64. The molecule has 0 aromatic heterocycles. The number of carbonyl (C=O) groups excluding carboxylic acids is 2. The summed E-state index contributed by atoms with van der Waals surface area (Å²) in [5.74, 6) is -0.942. The number of rotatable bonds is 6. The summed E-state index contributed by atoms with van der Waals surface area (Å²) < 4.78 is 0. The summed E-state index contributed by atoms with van der Waals surface area (Å²) in [4.78, 5) is 23.6. The molecule has 3 nitrogen and oxygen atoms in total. The first kappa shape index (κ1) is 15.1. The first-order chi connectivity index (χ1) is 10.1. The van der Waals surface area contributed by atoms with Gasteiger partial charge in [0.15, 0.2) is 5.78 Å². The quantitative estimate of drug-likeness (QED) is 0.654. The number of carbonyl (C=O) groups is 2. The van der Waals surface area contributed by atoms with Gasteiger partial charge in [0.1, 0.15) is 11.9 Å². The van der Waals surface area contributed by atoms with Gasteiger partial charge in [-0.05, 0) is 12.5 Å². The number of hydrogen-bond acceptors (Lipinski definition) is 3. The maximum atomic E-state index is 12.6. The molecule has 0 heterocycles. The zero-order valence-corrected chi connectivity index (χ0v) is 11.9. The van der Waals surface area contributed by atoms with E-state index in [1.165, 1.54) is 6.92 Å². The van der Waals surface area contributed by atoms with Gasteiger partial charge in [0, 0.05) is 17.9 Å². The lowest BCUT2D eigenvalue weighted by molar-refractivity contribution is -0.109. The van der Waals surface area contributed by atoms with Crippen molar-refractivity contribution in [3.05, 3.63) is 71.8 Å². The molecular weight excluding hydrogens is 264 g/mol. The van der Waals surface area contributed by atoms with Gasteiger partial charge >= 0.3 is 0 Å². The van der Waals surface area contributed by atoms with E-state index in [1.54, 1.807) is 24.3 Å². The molecule has 2 rings (SSSR count). The van der Waals surface area contributed by atoms with Crippen LogP contribution in [0.4, 0.5) is 0 Å². The third-order valence-corrected chi connectivity index (χ3v) is 3.71. The van der Waals surface area contributed by atoms with Crippen LogP contribution in [0.3, 0.4) is 0 Å². The highest BCUT2D eigenvalue weighted by Crippen LogP contribution is 2.33. The monoisotopic (exact) mass is 282 g/mol. The molecule has 0 fully saturated rings. The fraction of sp³-hybridized carbons (Fsp3) is 0.222. The molecule has 2 atom stereocenters. The van der Waals surface area contributed by atoms with Crippen molar-refractivity contribution in [2.24, 2.45) is 0 Å². The number of ketones is 1. The number of aldehydes is 1. The Morgan fingerprint density at radius 3 is 2.14 bits per heavy atom. The Balaban J connectivity index is 2.38. The number of aliphatic hydroxyl groups is 1. The Kier molecular flexibility index (Phi) is 4.66. The molecular formula is C18H18O3. The maximum Gasteiger partial charge on any atom is 0.194 e. The first-order valence-corrected chi connectivity index (χ1v) is 6.88. The summed E-state index contributed by atoms with van der Waals surface area (Å²) >= 11 is 0. The fourth-order valence-corrected chi connectivity index (χ4v) is 2.51. The van der Waals surface area contributed by atoms with Crippen LogP contribution in [0.1, 0.15) is 35.2 Å². The van der Waals surface area contributed by atoms with Crippen molar-refractivity contribution in [2.45, 2.75) is 24.9 Å². The minimum absolute atomic E-state index is 0.0928. The van der Waals surface area contributed by atoms with Crippen molar-refractivity contribution in [3.8, 4) is 0 Å². The molecule has 0 bridgehead atoms.